The predicted molar refractivity (Wildman–Crippen MR) is 76.2 cm³/mol. The number of morpholine rings is 1. The molecular weight excluding hydrogens is 280 g/mol. The summed E-state index contributed by atoms with van der Waals surface area (Å²) in [5.74, 6) is 0.513. The first kappa shape index (κ1) is 15.0. The number of ether oxygens (including phenoxy) is 2. The summed E-state index contributed by atoms with van der Waals surface area (Å²) in [5.41, 5.74) is 0. The van der Waals surface area contributed by atoms with Crippen molar-refractivity contribution in [1.82, 2.24) is 15.1 Å². The maximum absolute atomic E-state index is 12.3. The first-order valence-corrected chi connectivity index (χ1v) is 7.44. The molecule has 1 aliphatic heterocycles. The second-order valence-electron chi connectivity index (χ2n) is 5.06. The van der Waals surface area contributed by atoms with E-state index in [1.807, 2.05) is 4.90 Å². The Bertz CT molecular complexity index is 452. The number of hydrogen-bond donors (Lipinski definition) is 1. The van der Waals surface area contributed by atoms with E-state index >= 15 is 0 Å². The predicted octanol–water partition coefficient (Wildman–Crippen LogP) is 1.83. The Balaban J connectivity index is 1.98. The lowest BCUT2D eigenvalue weighted by Gasteiger charge is -2.36. The van der Waals surface area contributed by atoms with Gasteiger partial charge in [0, 0.05) is 6.54 Å². The molecule has 7 nitrogen and oxygen atoms in total. The molecule has 1 N–H and O–H groups in total. The van der Waals surface area contributed by atoms with Gasteiger partial charge in [-0.1, -0.05) is 18.9 Å². The van der Waals surface area contributed by atoms with Crippen molar-refractivity contribution in [3.05, 3.63) is 0 Å². The Labute approximate surface area is 122 Å². The summed E-state index contributed by atoms with van der Waals surface area (Å²) in [6, 6.07) is -0.0451. The van der Waals surface area contributed by atoms with E-state index in [2.05, 4.69) is 29.4 Å². The second kappa shape index (κ2) is 6.85. The monoisotopic (exact) mass is 300 g/mol. The molecule has 2 heterocycles. The van der Waals surface area contributed by atoms with Gasteiger partial charge in [0.1, 0.15) is 0 Å². The zero-order valence-corrected chi connectivity index (χ0v) is 12.8. The van der Waals surface area contributed by atoms with Gasteiger partial charge in [0.2, 0.25) is 5.13 Å². The molecule has 0 bridgehead atoms. The van der Waals surface area contributed by atoms with E-state index in [9.17, 15) is 4.79 Å². The number of methoxy groups -OCH3 is 1. The van der Waals surface area contributed by atoms with Crippen molar-refractivity contribution in [2.45, 2.75) is 26.3 Å². The molecule has 0 aromatic carbocycles. The number of urea groups is 1. The third kappa shape index (κ3) is 3.80. The minimum Gasteiger partial charge on any atom is -0.472 e. The van der Waals surface area contributed by atoms with E-state index in [0.717, 1.165) is 6.42 Å². The summed E-state index contributed by atoms with van der Waals surface area (Å²) in [7, 11) is 1.52. The molecule has 0 aliphatic carbocycles. The van der Waals surface area contributed by atoms with E-state index in [-0.39, 0.29) is 12.1 Å². The second-order valence-corrected chi connectivity index (χ2v) is 6.00. The summed E-state index contributed by atoms with van der Waals surface area (Å²) in [6.45, 7) is 6.03. The normalized spacial score (nSPS) is 19.2. The molecule has 0 saturated carbocycles. The number of anilines is 1. The Hall–Kier alpha value is -1.41. The average molecular weight is 300 g/mol. The molecule has 112 valence electrons. The minimum absolute atomic E-state index is 0.110. The number of amides is 2. The third-order valence-electron chi connectivity index (χ3n) is 3.03. The zero-order chi connectivity index (χ0) is 14.5. The molecule has 1 unspecified atom stereocenters. The number of rotatable bonds is 4. The fourth-order valence-corrected chi connectivity index (χ4v) is 2.72. The van der Waals surface area contributed by atoms with Crippen LogP contribution < -0.4 is 10.1 Å². The molecule has 1 aromatic rings. The summed E-state index contributed by atoms with van der Waals surface area (Å²) in [4.78, 5) is 14.1. The van der Waals surface area contributed by atoms with Crippen molar-refractivity contribution in [3.63, 3.8) is 0 Å². The van der Waals surface area contributed by atoms with Gasteiger partial charge < -0.3 is 14.4 Å². The molecule has 1 aromatic heterocycles. The van der Waals surface area contributed by atoms with Gasteiger partial charge in [0.15, 0.2) is 0 Å². The average Bonchev–Trinajstić information content (AvgIpc) is 2.86. The van der Waals surface area contributed by atoms with Gasteiger partial charge in [-0.15, -0.1) is 5.10 Å². The molecule has 0 spiro atoms. The lowest BCUT2D eigenvalue weighted by atomic mass is 10.0. The molecule has 20 heavy (non-hydrogen) atoms. The maximum Gasteiger partial charge on any atom is 0.324 e. The Morgan fingerprint density at radius 2 is 2.40 bits per heavy atom. The van der Waals surface area contributed by atoms with Crippen molar-refractivity contribution in [1.29, 1.82) is 0 Å². The van der Waals surface area contributed by atoms with Crippen LogP contribution in [-0.2, 0) is 4.74 Å². The molecule has 1 saturated heterocycles. The number of carbonyl (C=O) groups excluding carboxylic acids is 1. The van der Waals surface area contributed by atoms with Crippen LogP contribution in [-0.4, -0.2) is 54.0 Å². The molecule has 2 rings (SSSR count). The van der Waals surface area contributed by atoms with E-state index < -0.39 is 0 Å². The highest BCUT2D eigenvalue weighted by atomic mass is 32.1. The van der Waals surface area contributed by atoms with E-state index in [0.29, 0.717) is 36.0 Å². The topological polar surface area (TPSA) is 76.6 Å². The van der Waals surface area contributed by atoms with Crippen LogP contribution in [0.2, 0.25) is 0 Å². The van der Waals surface area contributed by atoms with Gasteiger partial charge in [-0.3, -0.25) is 5.32 Å². The number of nitrogens with zero attached hydrogens (tertiary/aromatic N) is 3. The van der Waals surface area contributed by atoms with Crippen LogP contribution in [0, 0.1) is 5.92 Å². The minimum atomic E-state index is -0.155. The van der Waals surface area contributed by atoms with Gasteiger partial charge in [0.25, 0.3) is 5.19 Å². The van der Waals surface area contributed by atoms with Gasteiger partial charge in [0.05, 0.1) is 26.4 Å². The van der Waals surface area contributed by atoms with E-state index in [4.69, 9.17) is 9.47 Å². The summed E-state index contributed by atoms with van der Waals surface area (Å²) >= 11 is 1.21. The van der Waals surface area contributed by atoms with Crippen LogP contribution in [0.5, 0.6) is 5.19 Å². The van der Waals surface area contributed by atoms with Crippen molar-refractivity contribution >= 4 is 22.5 Å². The van der Waals surface area contributed by atoms with E-state index in [1.54, 1.807) is 0 Å². The van der Waals surface area contributed by atoms with Gasteiger partial charge in [-0.05, 0) is 23.7 Å². The smallest absolute Gasteiger partial charge is 0.324 e. The maximum atomic E-state index is 12.3. The van der Waals surface area contributed by atoms with Gasteiger partial charge in [-0.2, -0.15) is 0 Å². The van der Waals surface area contributed by atoms with Crippen LogP contribution >= 0.6 is 11.3 Å². The summed E-state index contributed by atoms with van der Waals surface area (Å²) in [6.07, 6.45) is 0.923. The van der Waals surface area contributed by atoms with Crippen LogP contribution in [0.3, 0.4) is 0 Å². The SMILES string of the molecule is COc1nnc(NC(=O)N2CCOCC2CC(C)C)s1. The Morgan fingerprint density at radius 1 is 1.60 bits per heavy atom. The van der Waals surface area contributed by atoms with Crippen LogP contribution in [0.15, 0.2) is 0 Å². The molecule has 1 fully saturated rings. The lowest BCUT2D eigenvalue weighted by Crippen LogP contribution is -2.50. The summed E-state index contributed by atoms with van der Waals surface area (Å²) < 4.78 is 10.4. The first-order valence-electron chi connectivity index (χ1n) is 6.63. The zero-order valence-electron chi connectivity index (χ0n) is 12.0. The molecule has 0 radical (unpaired) electrons. The number of aromatic nitrogens is 2. The Morgan fingerprint density at radius 3 is 3.05 bits per heavy atom. The standard InChI is InChI=1S/C12H20N4O3S/c1-8(2)6-9-7-19-5-4-16(9)11(17)13-10-14-15-12(18-3)20-10/h8-9H,4-7H2,1-3H3,(H,13,14,17). The van der Waals surface area contributed by atoms with Crippen LogP contribution in [0.25, 0.3) is 0 Å². The lowest BCUT2D eigenvalue weighted by molar-refractivity contribution is 0.00857. The largest absolute Gasteiger partial charge is 0.472 e. The quantitative estimate of drug-likeness (QED) is 0.918. The van der Waals surface area contributed by atoms with E-state index in [1.165, 1.54) is 18.4 Å². The fraction of sp³-hybridized carbons (Fsp3) is 0.750. The molecule has 1 aliphatic rings. The molecule has 2 amide bonds. The highest BCUT2D eigenvalue weighted by Gasteiger charge is 2.28. The van der Waals surface area contributed by atoms with Crippen molar-refractivity contribution in [3.8, 4) is 5.19 Å². The highest BCUT2D eigenvalue weighted by Crippen LogP contribution is 2.23. The van der Waals surface area contributed by atoms with Gasteiger partial charge >= 0.3 is 6.03 Å². The fourth-order valence-electron chi connectivity index (χ4n) is 2.17. The van der Waals surface area contributed by atoms with Gasteiger partial charge in [-0.25, -0.2) is 4.79 Å². The number of hydrogen-bond acceptors (Lipinski definition) is 6. The van der Waals surface area contributed by atoms with Crippen molar-refractivity contribution < 1.29 is 14.3 Å². The third-order valence-corrected chi connectivity index (χ3v) is 3.83. The molecule has 1 atom stereocenters. The molecule has 8 heteroatoms. The first-order chi connectivity index (χ1) is 9.60. The van der Waals surface area contributed by atoms with Crippen LogP contribution in [0.1, 0.15) is 20.3 Å². The number of carbonyl (C=O) groups is 1. The van der Waals surface area contributed by atoms with Crippen molar-refractivity contribution in [2.75, 3.05) is 32.2 Å². The molecular formula is C12H20N4O3S. The summed E-state index contributed by atoms with van der Waals surface area (Å²) in [5, 5.41) is 11.3. The number of nitrogens with one attached hydrogen (secondary N) is 1. The Kier molecular flexibility index (Phi) is 5.13. The highest BCUT2D eigenvalue weighted by molar-refractivity contribution is 7.17. The van der Waals surface area contributed by atoms with Crippen molar-refractivity contribution in [2.24, 2.45) is 5.92 Å². The van der Waals surface area contributed by atoms with Crippen LogP contribution in [0.4, 0.5) is 9.93 Å².